The van der Waals surface area contributed by atoms with Crippen LogP contribution in [-0.4, -0.2) is 72.9 Å². The molecule has 2 aliphatic rings. The molecule has 2 aliphatic heterocycles. The molecule has 0 saturated carbocycles. The number of carbonyl (C=O) groups is 3. The van der Waals surface area contributed by atoms with Gasteiger partial charge in [-0.3, -0.25) is 19.0 Å². The third-order valence-electron chi connectivity index (χ3n) is 5.70. The van der Waals surface area contributed by atoms with Gasteiger partial charge in [-0.25, -0.2) is 13.9 Å². The minimum Gasteiger partial charge on any atom is -0.477 e. The molecule has 0 aliphatic carbocycles. The first-order chi connectivity index (χ1) is 18.9. The molecular formula is C23H23Cl2N3O8PS3+. The van der Waals surface area contributed by atoms with Crippen molar-refractivity contribution in [2.45, 2.75) is 27.8 Å². The van der Waals surface area contributed by atoms with Crippen LogP contribution in [0.15, 0.2) is 63.8 Å². The van der Waals surface area contributed by atoms with E-state index in [0.717, 1.165) is 4.90 Å². The summed E-state index contributed by atoms with van der Waals surface area (Å²) in [4.78, 5) is 57.8. The second-order valence-electron chi connectivity index (χ2n) is 8.46. The third kappa shape index (κ3) is 7.96. The van der Waals surface area contributed by atoms with Gasteiger partial charge in [-0.1, -0.05) is 23.2 Å². The zero-order chi connectivity index (χ0) is 29.0. The Morgan fingerprint density at radius 2 is 1.93 bits per heavy atom. The lowest BCUT2D eigenvalue weighted by atomic mass is 10.0. The molecule has 1 fully saturated rings. The Labute approximate surface area is 251 Å². The Bertz CT molecular complexity index is 1390. The van der Waals surface area contributed by atoms with Gasteiger partial charge < -0.3 is 20.2 Å². The van der Waals surface area contributed by atoms with Gasteiger partial charge in [0, 0.05) is 38.5 Å². The van der Waals surface area contributed by atoms with Crippen LogP contribution in [0.5, 0.6) is 0 Å². The Morgan fingerprint density at radius 3 is 2.60 bits per heavy atom. The highest BCUT2D eigenvalue weighted by molar-refractivity contribution is 8.01. The predicted octanol–water partition coefficient (Wildman–Crippen LogP) is 3.01. The molecule has 0 unspecified atom stereocenters. The molecule has 11 nitrogen and oxygen atoms in total. The maximum atomic E-state index is 12.9. The standard InChI is InChI=1S/C23H22Cl2N3O8PS3/c24-14-1-2-16(25)17(9-14)39-12-18(29)26-19-21(30)28-20(23(31)32)13(11-40-22(19)28)10-38-15-3-5-27(6-4-15)7-8-36-37(33,34)35/h1-6,9,19,22H,7-8,10-12H2,(H3-,26,29,31,32,33,34,35)/p+1/t19-,22+/m0/s1. The molecule has 1 aromatic carbocycles. The van der Waals surface area contributed by atoms with E-state index in [0.29, 0.717) is 32.0 Å². The summed E-state index contributed by atoms with van der Waals surface area (Å²) in [5.41, 5.74) is 0.530. The first-order valence-corrected chi connectivity index (χ1v) is 16.8. The summed E-state index contributed by atoms with van der Waals surface area (Å²) in [6.07, 6.45) is 3.43. The first kappa shape index (κ1) is 31.2. The molecule has 2 atom stereocenters. The maximum absolute atomic E-state index is 12.9. The lowest BCUT2D eigenvalue weighted by molar-refractivity contribution is -0.698. The molecule has 1 saturated heterocycles. The zero-order valence-electron chi connectivity index (χ0n) is 20.4. The average molecular weight is 668 g/mol. The van der Waals surface area contributed by atoms with Crippen LogP contribution in [0.3, 0.4) is 0 Å². The molecular weight excluding hydrogens is 644 g/mol. The van der Waals surface area contributed by atoms with Crippen LogP contribution in [-0.2, 0) is 30.0 Å². The van der Waals surface area contributed by atoms with Crippen molar-refractivity contribution in [3.05, 3.63) is 64.0 Å². The van der Waals surface area contributed by atoms with E-state index in [4.69, 9.17) is 33.0 Å². The molecule has 2 aromatic rings. The number of phosphoric acid groups is 1. The first-order valence-electron chi connectivity index (χ1n) is 11.5. The number of hydrogen-bond donors (Lipinski definition) is 4. The van der Waals surface area contributed by atoms with Crippen molar-refractivity contribution in [2.75, 3.05) is 23.9 Å². The number of pyridine rings is 1. The fourth-order valence-electron chi connectivity index (χ4n) is 3.87. The largest absolute Gasteiger partial charge is 0.477 e. The van der Waals surface area contributed by atoms with E-state index >= 15 is 0 Å². The highest BCUT2D eigenvalue weighted by Gasteiger charge is 2.54. The summed E-state index contributed by atoms with van der Waals surface area (Å²) in [6, 6.07) is 7.68. The van der Waals surface area contributed by atoms with E-state index in [2.05, 4.69) is 9.84 Å². The number of hydrogen-bond acceptors (Lipinski definition) is 8. The number of aromatic nitrogens is 1. The van der Waals surface area contributed by atoms with Gasteiger partial charge in [-0.05, 0) is 23.8 Å². The number of aliphatic carboxylic acids is 1. The average Bonchev–Trinajstić information content (AvgIpc) is 2.90. The van der Waals surface area contributed by atoms with Crippen molar-refractivity contribution in [1.29, 1.82) is 0 Å². The topological polar surface area (TPSA) is 157 Å². The predicted molar refractivity (Wildman–Crippen MR) is 152 cm³/mol. The van der Waals surface area contributed by atoms with Gasteiger partial charge in [0.1, 0.15) is 23.7 Å². The van der Waals surface area contributed by atoms with Gasteiger partial charge in [0.05, 0.1) is 10.8 Å². The van der Waals surface area contributed by atoms with Crippen LogP contribution in [0.25, 0.3) is 0 Å². The Morgan fingerprint density at radius 1 is 1.20 bits per heavy atom. The SMILES string of the molecule is O=C(CSc1cc(Cl)ccc1Cl)N[C@H]1C(=O)N2C(C(=O)O)=C(CSc3cc[n+](CCOP(=O)(O)O)cc3)CS[C@H]12. The van der Waals surface area contributed by atoms with Gasteiger partial charge in [0.25, 0.3) is 5.91 Å². The molecule has 4 rings (SSSR count). The van der Waals surface area contributed by atoms with E-state index in [9.17, 15) is 24.1 Å². The van der Waals surface area contributed by atoms with Crippen LogP contribution in [0.1, 0.15) is 0 Å². The number of carbonyl (C=O) groups excluding carboxylic acids is 2. The molecule has 17 heteroatoms. The summed E-state index contributed by atoms with van der Waals surface area (Å²) in [5.74, 6) is -1.33. The number of fused-ring (bicyclic) bond motifs is 1. The summed E-state index contributed by atoms with van der Waals surface area (Å²) >= 11 is 16.1. The van der Waals surface area contributed by atoms with Crippen molar-refractivity contribution in [3.63, 3.8) is 0 Å². The molecule has 3 heterocycles. The number of amides is 2. The fourth-order valence-corrected chi connectivity index (χ4v) is 7.86. The van der Waals surface area contributed by atoms with Crippen molar-refractivity contribution >= 4 is 84.1 Å². The van der Waals surface area contributed by atoms with Crippen LogP contribution in [0.4, 0.5) is 0 Å². The fraction of sp³-hybridized carbons (Fsp3) is 0.304. The Balaban J connectivity index is 1.32. The molecule has 4 N–H and O–H groups in total. The molecule has 40 heavy (non-hydrogen) atoms. The zero-order valence-corrected chi connectivity index (χ0v) is 25.3. The molecule has 0 radical (unpaired) electrons. The van der Waals surface area contributed by atoms with Crippen LogP contribution >= 0.6 is 66.3 Å². The van der Waals surface area contributed by atoms with E-state index in [1.807, 2.05) is 0 Å². The summed E-state index contributed by atoms with van der Waals surface area (Å²) < 4.78 is 16.9. The molecule has 0 bridgehead atoms. The second-order valence-corrected chi connectivity index (χ2v) is 13.7. The molecule has 214 valence electrons. The Kier molecular flexibility index (Phi) is 10.5. The lowest BCUT2D eigenvalue weighted by Gasteiger charge is -2.49. The van der Waals surface area contributed by atoms with Gasteiger partial charge in [0.15, 0.2) is 18.9 Å². The number of halogens is 2. The quantitative estimate of drug-likeness (QED) is 0.114. The summed E-state index contributed by atoms with van der Waals surface area (Å²) in [5, 5.41) is 13.0. The number of nitrogens with one attached hydrogen (secondary N) is 1. The van der Waals surface area contributed by atoms with Crippen molar-refractivity contribution in [1.82, 2.24) is 10.2 Å². The third-order valence-corrected chi connectivity index (χ3v) is 10.4. The van der Waals surface area contributed by atoms with E-state index in [1.54, 1.807) is 47.3 Å². The molecule has 2 amide bonds. The van der Waals surface area contributed by atoms with Gasteiger partial charge in [0.2, 0.25) is 5.91 Å². The smallest absolute Gasteiger partial charge is 0.469 e. The van der Waals surface area contributed by atoms with Gasteiger partial charge >= 0.3 is 13.8 Å². The highest BCUT2D eigenvalue weighted by atomic mass is 35.5. The van der Waals surface area contributed by atoms with Crippen LogP contribution < -0.4 is 9.88 Å². The van der Waals surface area contributed by atoms with Gasteiger partial charge in [-0.15, -0.1) is 35.3 Å². The number of thioether (sulfide) groups is 3. The highest BCUT2D eigenvalue weighted by Crippen LogP contribution is 2.42. The normalized spacial score (nSPS) is 18.8. The minimum absolute atomic E-state index is 0.0124. The lowest BCUT2D eigenvalue weighted by Crippen LogP contribution is -2.70. The number of rotatable bonds is 12. The maximum Gasteiger partial charge on any atom is 0.469 e. The number of carboxylic acid groups (broad SMARTS) is 1. The monoisotopic (exact) mass is 666 g/mol. The summed E-state index contributed by atoms with van der Waals surface area (Å²) in [7, 11) is -4.52. The minimum atomic E-state index is -4.52. The number of nitrogens with zero attached hydrogens (tertiary/aromatic N) is 2. The van der Waals surface area contributed by atoms with E-state index in [-0.39, 0.29) is 30.5 Å². The summed E-state index contributed by atoms with van der Waals surface area (Å²) in [6.45, 7) is 0.0826. The molecule has 0 spiro atoms. The Hall–Kier alpha value is -1.74. The van der Waals surface area contributed by atoms with Gasteiger partial charge in [-0.2, -0.15) is 0 Å². The van der Waals surface area contributed by atoms with E-state index < -0.39 is 31.1 Å². The number of carboxylic acids is 1. The van der Waals surface area contributed by atoms with Crippen LogP contribution in [0.2, 0.25) is 10.0 Å². The van der Waals surface area contributed by atoms with Crippen molar-refractivity contribution in [2.24, 2.45) is 0 Å². The van der Waals surface area contributed by atoms with E-state index in [1.165, 1.54) is 40.2 Å². The number of benzene rings is 1. The van der Waals surface area contributed by atoms with Crippen molar-refractivity contribution in [3.8, 4) is 0 Å². The van der Waals surface area contributed by atoms with Crippen molar-refractivity contribution < 1.29 is 42.9 Å². The number of β-lactam (4-membered cyclic amide) rings is 1. The molecule has 1 aromatic heterocycles. The van der Waals surface area contributed by atoms with Crippen LogP contribution in [0, 0.1) is 0 Å². The number of phosphoric ester groups is 1. The second kappa shape index (κ2) is 13.5.